The highest BCUT2D eigenvalue weighted by Gasteiger charge is 1.97. The van der Waals surface area contributed by atoms with Crippen molar-refractivity contribution in [3.8, 4) is 0 Å². The molecule has 0 spiro atoms. The van der Waals surface area contributed by atoms with Crippen LogP contribution in [-0.4, -0.2) is 17.4 Å². The molecule has 0 atom stereocenters. The molecule has 0 saturated heterocycles. The van der Waals surface area contributed by atoms with Crippen molar-refractivity contribution in [1.82, 2.24) is 4.98 Å². The molecule has 2 nitrogen and oxygen atoms in total. The third-order valence-corrected chi connectivity index (χ3v) is 2.47. The fraction of sp³-hybridized carbons (Fsp3) is 0.500. The number of anilines is 1. The predicted octanol–water partition coefficient (Wildman–Crippen LogP) is 3.56. The number of nitrogens with zero attached hydrogens (tertiary/aromatic N) is 1. The van der Waals surface area contributed by atoms with E-state index in [1.807, 2.05) is 6.07 Å². The van der Waals surface area contributed by atoms with Crippen LogP contribution in [-0.2, 0) is 0 Å². The number of hydrogen-bond acceptors (Lipinski definition) is 2. The van der Waals surface area contributed by atoms with Gasteiger partial charge in [-0.05, 0) is 18.9 Å². The summed E-state index contributed by atoms with van der Waals surface area (Å²) in [6, 6.07) is 1.88. The van der Waals surface area contributed by atoms with Gasteiger partial charge in [0.2, 0.25) is 0 Å². The summed E-state index contributed by atoms with van der Waals surface area (Å²) in [5.41, 5.74) is 0.951. The lowest BCUT2D eigenvalue weighted by Gasteiger charge is -2.06. The van der Waals surface area contributed by atoms with Gasteiger partial charge in [-0.15, -0.1) is 11.6 Å². The second kappa shape index (κ2) is 6.91. The molecule has 0 aliphatic rings. The van der Waals surface area contributed by atoms with Gasteiger partial charge >= 0.3 is 0 Å². The largest absolute Gasteiger partial charge is 0.384 e. The summed E-state index contributed by atoms with van der Waals surface area (Å²) in [5.74, 6) is 0.746. The van der Waals surface area contributed by atoms with E-state index in [4.69, 9.17) is 23.2 Å². The average Bonchev–Trinajstić information content (AvgIpc) is 2.20. The van der Waals surface area contributed by atoms with Crippen molar-refractivity contribution in [1.29, 1.82) is 0 Å². The van der Waals surface area contributed by atoms with Gasteiger partial charge in [-0.25, -0.2) is 0 Å². The van der Waals surface area contributed by atoms with Crippen LogP contribution in [0.1, 0.15) is 19.3 Å². The maximum absolute atomic E-state index is 5.92. The van der Waals surface area contributed by atoms with Crippen molar-refractivity contribution < 1.29 is 0 Å². The first-order valence-electron chi connectivity index (χ1n) is 4.74. The molecule has 0 bridgehead atoms. The molecule has 1 rings (SSSR count). The zero-order valence-corrected chi connectivity index (χ0v) is 9.48. The Morgan fingerprint density at radius 2 is 2.14 bits per heavy atom. The second-order valence-corrected chi connectivity index (χ2v) is 3.82. The van der Waals surface area contributed by atoms with E-state index >= 15 is 0 Å². The zero-order chi connectivity index (χ0) is 10.2. The fourth-order valence-corrected chi connectivity index (χ4v) is 1.51. The molecular formula is C10H14Cl2N2. The Balaban J connectivity index is 2.21. The van der Waals surface area contributed by atoms with Crippen molar-refractivity contribution in [3.63, 3.8) is 0 Å². The SMILES string of the molecule is ClCCCCCNc1ccncc1Cl. The second-order valence-electron chi connectivity index (χ2n) is 3.03. The molecule has 1 aromatic heterocycles. The van der Waals surface area contributed by atoms with Crippen molar-refractivity contribution >= 4 is 28.9 Å². The van der Waals surface area contributed by atoms with Gasteiger partial charge in [0.05, 0.1) is 10.7 Å². The smallest absolute Gasteiger partial charge is 0.0820 e. The third kappa shape index (κ3) is 4.16. The monoisotopic (exact) mass is 232 g/mol. The number of halogens is 2. The van der Waals surface area contributed by atoms with E-state index in [0.29, 0.717) is 5.02 Å². The first kappa shape index (κ1) is 11.6. The van der Waals surface area contributed by atoms with Crippen molar-refractivity contribution in [2.75, 3.05) is 17.7 Å². The third-order valence-electron chi connectivity index (χ3n) is 1.90. The van der Waals surface area contributed by atoms with Crippen molar-refractivity contribution in [3.05, 3.63) is 23.5 Å². The van der Waals surface area contributed by atoms with Crippen molar-refractivity contribution in [2.45, 2.75) is 19.3 Å². The minimum Gasteiger partial charge on any atom is -0.384 e. The Kier molecular flexibility index (Phi) is 5.72. The van der Waals surface area contributed by atoms with Gasteiger partial charge in [0, 0.05) is 24.8 Å². The van der Waals surface area contributed by atoms with Crippen LogP contribution in [0.5, 0.6) is 0 Å². The maximum Gasteiger partial charge on any atom is 0.0820 e. The van der Waals surface area contributed by atoms with Crippen LogP contribution < -0.4 is 5.32 Å². The highest BCUT2D eigenvalue weighted by atomic mass is 35.5. The summed E-state index contributed by atoms with van der Waals surface area (Å²) < 4.78 is 0. The molecule has 0 fully saturated rings. The molecule has 4 heteroatoms. The van der Waals surface area contributed by atoms with E-state index in [-0.39, 0.29) is 0 Å². The summed E-state index contributed by atoms with van der Waals surface area (Å²) in [5, 5.41) is 3.93. The highest BCUT2D eigenvalue weighted by Crippen LogP contribution is 2.18. The van der Waals surface area contributed by atoms with E-state index in [1.54, 1.807) is 12.4 Å². The Bertz CT molecular complexity index is 266. The van der Waals surface area contributed by atoms with Gasteiger partial charge in [-0.1, -0.05) is 18.0 Å². The highest BCUT2D eigenvalue weighted by molar-refractivity contribution is 6.33. The lowest BCUT2D eigenvalue weighted by molar-refractivity contribution is 0.747. The van der Waals surface area contributed by atoms with Crippen LogP contribution in [0.25, 0.3) is 0 Å². The first-order valence-corrected chi connectivity index (χ1v) is 5.65. The zero-order valence-electron chi connectivity index (χ0n) is 7.97. The summed E-state index contributed by atoms with van der Waals surface area (Å²) in [7, 11) is 0. The van der Waals surface area contributed by atoms with Crippen LogP contribution in [0.3, 0.4) is 0 Å². The van der Waals surface area contributed by atoms with Crippen LogP contribution in [0.15, 0.2) is 18.5 Å². The molecule has 14 heavy (non-hydrogen) atoms. The quantitative estimate of drug-likeness (QED) is 0.600. The van der Waals surface area contributed by atoms with Crippen LogP contribution in [0.2, 0.25) is 5.02 Å². The molecule has 0 radical (unpaired) electrons. The molecular weight excluding hydrogens is 219 g/mol. The molecule has 1 heterocycles. The standard InChI is InChI=1S/C10H14Cl2N2/c11-5-2-1-3-6-14-10-4-7-13-8-9(10)12/h4,7-8H,1-3,5-6H2,(H,13,14). The Labute approximate surface area is 94.6 Å². The Morgan fingerprint density at radius 1 is 1.29 bits per heavy atom. The molecule has 1 aromatic rings. The van der Waals surface area contributed by atoms with Crippen LogP contribution >= 0.6 is 23.2 Å². The molecule has 0 amide bonds. The fourth-order valence-electron chi connectivity index (χ4n) is 1.14. The molecule has 0 aliphatic carbocycles. The van der Waals surface area contributed by atoms with E-state index < -0.39 is 0 Å². The van der Waals surface area contributed by atoms with Crippen LogP contribution in [0, 0.1) is 0 Å². The lowest BCUT2D eigenvalue weighted by Crippen LogP contribution is -2.02. The molecule has 0 saturated carbocycles. The minimum absolute atomic E-state index is 0.671. The summed E-state index contributed by atoms with van der Waals surface area (Å²) in [6.45, 7) is 0.931. The number of hydrogen-bond donors (Lipinski definition) is 1. The van der Waals surface area contributed by atoms with Gasteiger partial charge < -0.3 is 5.32 Å². The molecule has 0 aliphatic heterocycles. The number of pyridine rings is 1. The lowest BCUT2D eigenvalue weighted by atomic mass is 10.2. The number of rotatable bonds is 6. The van der Waals surface area contributed by atoms with E-state index in [1.165, 1.54) is 0 Å². The molecule has 1 N–H and O–H groups in total. The molecule has 78 valence electrons. The summed E-state index contributed by atoms with van der Waals surface area (Å²) >= 11 is 11.5. The predicted molar refractivity (Wildman–Crippen MR) is 62.3 cm³/mol. The number of nitrogens with one attached hydrogen (secondary N) is 1. The van der Waals surface area contributed by atoms with E-state index in [9.17, 15) is 0 Å². The number of unbranched alkanes of at least 4 members (excludes halogenated alkanes) is 2. The Morgan fingerprint density at radius 3 is 2.86 bits per heavy atom. The Hall–Kier alpha value is -0.470. The van der Waals surface area contributed by atoms with Crippen LogP contribution in [0.4, 0.5) is 5.69 Å². The van der Waals surface area contributed by atoms with Gasteiger partial charge in [-0.2, -0.15) is 0 Å². The summed E-state index contributed by atoms with van der Waals surface area (Å²) in [4.78, 5) is 3.91. The molecule has 0 aromatic carbocycles. The number of aromatic nitrogens is 1. The minimum atomic E-state index is 0.671. The van der Waals surface area contributed by atoms with E-state index in [0.717, 1.165) is 37.4 Å². The van der Waals surface area contributed by atoms with Gasteiger partial charge in [0.25, 0.3) is 0 Å². The summed E-state index contributed by atoms with van der Waals surface area (Å²) in [6.07, 6.45) is 6.72. The number of alkyl halides is 1. The average molecular weight is 233 g/mol. The first-order chi connectivity index (χ1) is 6.84. The molecule has 0 unspecified atom stereocenters. The van der Waals surface area contributed by atoms with Crippen molar-refractivity contribution in [2.24, 2.45) is 0 Å². The van der Waals surface area contributed by atoms with Gasteiger partial charge in [0.1, 0.15) is 0 Å². The topological polar surface area (TPSA) is 24.9 Å². The van der Waals surface area contributed by atoms with E-state index in [2.05, 4.69) is 10.3 Å². The van der Waals surface area contributed by atoms with Gasteiger partial charge in [-0.3, -0.25) is 4.98 Å². The maximum atomic E-state index is 5.92. The van der Waals surface area contributed by atoms with Gasteiger partial charge in [0.15, 0.2) is 0 Å². The normalized spacial score (nSPS) is 10.1.